The molecule has 0 aliphatic rings. The number of benzene rings is 1. The van der Waals surface area contributed by atoms with Gasteiger partial charge in [-0.15, -0.1) is 0 Å². The van der Waals surface area contributed by atoms with Crippen LogP contribution in [0.4, 0.5) is 15.9 Å². The van der Waals surface area contributed by atoms with Crippen LogP contribution in [0, 0.1) is 19.7 Å². The Morgan fingerprint density at radius 1 is 1.38 bits per heavy atom. The van der Waals surface area contributed by atoms with Crippen LogP contribution in [0.5, 0.6) is 0 Å². The van der Waals surface area contributed by atoms with Gasteiger partial charge in [0.2, 0.25) is 0 Å². The molecule has 2 rings (SSSR count). The molecule has 0 bridgehead atoms. The van der Waals surface area contributed by atoms with Crippen molar-refractivity contribution < 1.29 is 4.39 Å². The van der Waals surface area contributed by atoms with Crippen molar-refractivity contribution in [2.75, 3.05) is 5.32 Å². The minimum atomic E-state index is -0.430. The highest BCUT2D eigenvalue weighted by molar-refractivity contribution is 9.10. The Hall–Kier alpha value is -1.24. The predicted octanol–water partition coefficient (Wildman–Crippen LogP) is 4.63. The minimum absolute atomic E-state index is 0.233. The van der Waals surface area contributed by atoms with Crippen molar-refractivity contribution in [1.29, 1.82) is 0 Å². The molecule has 0 radical (unpaired) electrons. The summed E-state index contributed by atoms with van der Waals surface area (Å²) in [5.41, 5.74) is 8.63. The zero-order valence-electron chi connectivity index (χ0n) is 11.3. The third kappa shape index (κ3) is 3.51. The molecule has 110 valence electrons. The van der Waals surface area contributed by atoms with E-state index in [2.05, 4.69) is 26.2 Å². The maximum Gasteiger partial charge on any atom is 0.141 e. The molecule has 0 saturated carbocycles. The number of nitrogens with one attached hydrogen (secondary N) is 1. The molecule has 0 saturated heterocycles. The lowest BCUT2D eigenvalue weighted by Crippen LogP contribution is -2.15. The van der Waals surface area contributed by atoms with E-state index in [4.69, 9.17) is 29.6 Å². The van der Waals surface area contributed by atoms with Gasteiger partial charge in [-0.25, -0.2) is 9.37 Å². The average Bonchev–Trinajstić information content (AvgIpc) is 2.32. The Balaban J connectivity index is 2.57. The normalized spacial score (nSPS) is 10.5. The molecule has 0 atom stereocenters. The lowest BCUT2D eigenvalue weighted by molar-refractivity contribution is 0.627. The van der Waals surface area contributed by atoms with Gasteiger partial charge in [0.15, 0.2) is 0 Å². The third-order valence-corrected chi connectivity index (χ3v) is 3.97. The number of nitrogens with zero attached hydrogens (tertiary/aromatic N) is 1. The topological polar surface area (TPSA) is 50.9 Å². The standard InChI is InChI=1S/C14H12BrClFN3S/c1-6-3-7(2)19-14(11(6)13(18)21)20-12-9(15)4-8(17)5-10(12)16/h3-5H,1-2H3,(H2,18,21)(H,19,20). The summed E-state index contributed by atoms with van der Waals surface area (Å²) < 4.78 is 13.8. The minimum Gasteiger partial charge on any atom is -0.389 e. The van der Waals surface area contributed by atoms with Crippen LogP contribution >= 0.6 is 39.7 Å². The van der Waals surface area contributed by atoms with Gasteiger partial charge in [-0.3, -0.25) is 0 Å². The molecule has 1 heterocycles. The van der Waals surface area contributed by atoms with Gasteiger partial charge in [0, 0.05) is 10.2 Å². The monoisotopic (exact) mass is 387 g/mol. The predicted molar refractivity (Wildman–Crippen MR) is 92.0 cm³/mol. The van der Waals surface area contributed by atoms with E-state index in [-0.39, 0.29) is 10.0 Å². The molecule has 2 aromatic rings. The molecule has 3 nitrogen and oxygen atoms in total. The van der Waals surface area contributed by atoms with E-state index in [1.54, 1.807) is 0 Å². The molecule has 1 aromatic carbocycles. The van der Waals surface area contributed by atoms with Crippen LogP contribution in [-0.4, -0.2) is 9.97 Å². The lowest BCUT2D eigenvalue weighted by Gasteiger charge is -2.15. The molecule has 21 heavy (non-hydrogen) atoms. The number of hydrogen-bond donors (Lipinski definition) is 2. The summed E-state index contributed by atoms with van der Waals surface area (Å²) in [5.74, 6) is 0.0644. The zero-order valence-corrected chi connectivity index (χ0v) is 14.5. The Kier molecular flexibility index (Phi) is 4.81. The number of rotatable bonds is 3. The molecule has 0 amide bonds. The van der Waals surface area contributed by atoms with Gasteiger partial charge >= 0.3 is 0 Å². The summed E-state index contributed by atoms with van der Waals surface area (Å²) in [6.07, 6.45) is 0. The van der Waals surface area contributed by atoms with Gasteiger partial charge in [0.1, 0.15) is 16.6 Å². The van der Waals surface area contributed by atoms with Crippen LogP contribution in [0.2, 0.25) is 5.02 Å². The third-order valence-electron chi connectivity index (χ3n) is 2.84. The molecule has 7 heteroatoms. The smallest absolute Gasteiger partial charge is 0.141 e. The second-order valence-corrected chi connectivity index (χ2v) is 6.24. The largest absolute Gasteiger partial charge is 0.389 e. The second-order valence-electron chi connectivity index (χ2n) is 4.54. The molecule has 0 fully saturated rings. The van der Waals surface area contributed by atoms with Gasteiger partial charge < -0.3 is 11.1 Å². The number of hydrogen-bond acceptors (Lipinski definition) is 3. The number of nitrogens with two attached hydrogens (primary N) is 1. The molecule has 0 aliphatic heterocycles. The summed E-state index contributed by atoms with van der Waals surface area (Å²) in [5, 5.41) is 3.31. The fourth-order valence-corrected chi connectivity index (χ4v) is 3.17. The molecule has 0 unspecified atom stereocenters. The van der Waals surface area contributed by atoms with Crippen molar-refractivity contribution in [3.05, 3.63) is 50.3 Å². The first-order valence-corrected chi connectivity index (χ1v) is 7.57. The van der Waals surface area contributed by atoms with Crippen LogP contribution in [0.1, 0.15) is 16.8 Å². The first kappa shape index (κ1) is 16.1. The Morgan fingerprint density at radius 3 is 2.62 bits per heavy atom. The summed E-state index contributed by atoms with van der Waals surface area (Å²) in [7, 11) is 0. The first-order valence-electron chi connectivity index (χ1n) is 5.99. The van der Waals surface area contributed by atoms with Crippen LogP contribution in [0.25, 0.3) is 0 Å². The van der Waals surface area contributed by atoms with E-state index in [1.165, 1.54) is 12.1 Å². The van der Waals surface area contributed by atoms with Gasteiger partial charge in [0.05, 0.1) is 16.3 Å². The fraction of sp³-hybridized carbons (Fsp3) is 0.143. The average molecular weight is 389 g/mol. The SMILES string of the molecule is Cc1cc(C)c(C(N)=S)c(Nc2c(Cl)cc(F)cc2Br)n1. The number of aromatic nitrogens is 1. The first-order chi connectivity index (χ1) is 9.79. The Morgan fingerprint density at radius 2 is 2.05 bits per heavy atom. The number of thiocarbonyl (C=S) groups is 1. The number of halogens is 3. The van der Waals surface area contributed by atoms with Crippen molar-refractivity contribution in [2.45, 2.75) is 13.8 Å². The summed E-state index contributed by atoms with van der Waals surface area (Å²) >= 11 is 14.4. The van der Waals surface area contributed by atoms with E-state index in [9.17, 15) is 4.39 Å². The van der Waals surface area contributed by atoms with Gasteiger partial charge in [-0.05, 0) is 53.5 Å². The van der Waals surface area contributed by atoms with Gasteiger partial charge in [-0.2, -0.15) is 0 Å². The van der Waals surface area contributed by atoms with Crippen LogP contribution in [0.15, 0.2) is 22.7 Å². The van der Waals surface area contributed by atoms with E-state index < -0.39 is 5.82 Å². The van der Waals surface area contributed by atoms with Crippen molar-refractivity contribution in [3.63, 3.8) is 0 Å². The van der Waals surface area contributed by atoms with Crippen molar-refractivity contribution >= 4 is 56.2 Å². The molecule has 0 aliphatic carbocycles. The number of anilines is 2. The zero-order chi connectivity index (χ0) is 15.7. The number of aryl methyl sites for hydroxylation is 2. The molecule has 3 N–H and O–H groups in total. The Bertz CT molecular complexity index is 713. The van der Waals surface area contributed by atoms with Crippen LogP contribution in [-0.2, 0) is 0 Å². The van der Waals surface area contributed by atoms with E-state index in [1.807, 2.05) is 19.9 Å². The summed E-state index contributed by atoms with van der Waals surface area (Å²) in [4.78, 5) is 4.64. The molecular formula is C14H12BrClFN3S. The molecular weight excluding hydrogens is 377 g/mol. The van der Waals surface area contributed by atoms with Crippen molar-refractivity contribution in [2.24, 2.45) is 5.73 Å². The maximum absolute atomic E-state index is 13.3. The van der Waals surface area contributed by atoms with Crippen LogP contribution in [0.3, 0.4) is 0 Å². The molecule has 0 spiro atoms. The van der Waals surface area contributed by atoms with Crippen LogP contribution < -0.4 is 11.1 Å². The Labute approximate surface area is 140 Å². The summed E-state index contributed by atoms with van der Waals surface area (Å²) in [6, 6.07) is 4.43. The molecule has 1 aromatic heterocycles. The highest BCUT2D eigenvalue weighted by Crippen LogP contribution is 2.35. The highest BCUT2D eigenvalue weighted by atomic mass is 79.9. The van der Waals surface area contributed by atoms with Crippen molar-refractivity contribution in [1.82, 2.24) is 4.98 Å². The van der Waals surface area contributed by atoms with E-state index >= 15 is 0 Å². The van der Waals surface area contributed by atoms with Crippen molar-refractivity contribution in [3.8, 4) is 0 Å². The number of pyridine rings is 1. The van der Waals surface area contributed by atoms with Gasteiger partial charge in [-0.1, -0.05) is 23.8 Å². The van der Waals surface area contributed by atoms with E-state index in [0.717, 1.165) is 11.3 Å². The fourth-order valence-electron chi connectivity index (χ4n) is 2.02. The maximum atomic E-state index is 13.3. The highest BCUT2D eigenvalue weighted by Gasteiger charge is 2.15. The quantitative estimate of drug-likeness (QED) is 0.753. The summed E-state index contributed by atoms with van der Waals surface area (Å²) in [6.45, 7) is 3.76. The second kappa shape index (κ2) is 6.25. The lowest BCUT2D eigenvalue weighted by atomic mass is 10.1. The van der Waals surface area contributed by atoms with E-state index in [0.29, 0.717) is 21.5 Å². The van der Waals surface area contributed by atoms with Gasteiger partial charge in [0.25, 0.3) is 0 Å².